The lowest BCUT2D eigenvalue weighted by Gasteiger charge is -2.02. The molecule has 1 aromatic carbocycles. The molecule has 0 amide bonds. The van der Waals surface area contributed by atoms with E-state index < -0.39 is 16.4 Å². The molecular formula is C11H12FN5O2. The Morgan fingerprint density at radius 2 is 2.32 bits per heavy atom. The van der Waals surface area contributed by atoms with Crippen molar-refractivity contribution in [2.75, 3.05) is 0 Å². The molecule has 0 aliphatic carbocycles. The second kappa shape index (κ2) is 5.11. The first-order chi connectivity index (χ1) is 8.97. The summed E-state index contributed by atoms with van der Waals surface area (Å²) in [6.45, 7) is 2.05. The third kappa shape index (κ3) is 2.91. The number of aromatic nitrogens is 3. The number of rotatable bonds is 4. The number of halogens is 1. The number of hydrogen-bond acceptors (Lipinski definition) is 5. The number of nitro benzene ring substituents is 1. The van der Waals surface area contributed by atoms with Gasteiger partial charge in [-0.15, -0.1) is 5.10 Å². The Morgan fingerprint density at radius 3 is 2.84 bits per heavy atom. The van der Waals surface area contributed by atoms with E-state index in [1.165, 1.54) is 10.7 Å². The zero-order valence-corrected chi connectivity index (χ0v) is 10.2. The van der Waals surface area contributed by atoms with Crippen molar-refractivity contribution in [3.63, 3.8) is 0 Å². The summed E-state index contributed by atoms with van der Waals surface area (Å²) in [6.07, 6.45) is 1.66. The number of hydrogen-bond donors (Lipinski definition) is 1. The summed E-state index contributed by atoms with van der Waals surface area (Å²) in [5, 5.41) is 18.2. The van der Waals surface area contributed by atoms with E-state index in [0.717, 1.165) is 12.1 Å². The fraction of sp³-hybridized carbons (Fsp3) is 0.273. The summed E-state index contributed by atoms with van der Waals surface area (Å²) in [4.78, 5) is 9.73. The van der Waals surface area contributed by atoms with Crippen molar-refractivity contribution in [1.82, 2.24) is 15.0 Å². The van der Waals surface area contributed by atoms with Crippen LogP contribution in [0.15, 0.2) is 24.4 Å². The minimum atomic E-state index is -0.866. The SMILES string of the molecule is CC(N)c1cn(Cc2ccc([N+](=O)[O-])c(F)c2)nn1. The van der Waals surface area contributed by atoms with Gasteiger partial charge in [-0.1, -0.05) is 11.3 Å². The van der Waals surface area contributed by atoms with Gasteiger partial charge in [0.2, 0.25) is 5.82 Å². The minimum Gasteiger partial charge on any atom is -0.323 e. The molecule has 0 bridgehead atoms. The normalized spacial score (nSPS) is 12.4. The maximum atomic E-state index is 13.4. The Morgan fingerprint density at radius 1 is 1.58 bits per heavy atom. The summed E-state index contributed by atoms with van der Waals surface area (Å²) in [7, 11) is 0. The Bertz CT molecular complexity index is 611. The molecule has 0 aliphatic rings. The molecule has 1 atom stereocenters. The lowest BCUT2D eigenvalue weighted by Crippen LogP contribution is -2.05. The van der Waals surface area contributed by atoms with Gasteiger partial charge >= 0.3 is 5.69 Å². The van der Waals surface area contributed by atoms with Gasteiger partial charge in [0.1, 0.15) is 0 Å². The number of nitrogens with two attached hydrogens (primary N) is 1. The first kappa shape index (κ1) is 13.1. The largest absolute Gasteiger partial charge is 0.323 e. The Hall–Kier alpha value is -2.35. The number of nitro groups is 1. The smallest absolute Gasteiger partial charge is 0.304 e. The Labute approximate surface area is 108 Å². The molecule has 2 aromatic rings. The van der Waals surface area contributed by atoms with Gasteiger partial charge in [-0.25, -0.2) is 4.68 Å². The predicted octanol–water partition coefficient (Wildman–Crippen LogP) is 1.39. The van der Waals surface area contributed by atoms with Gasteiger partial charge in [0.05, 0.1) is 23.4 Å². The molecule has 0 spiro atoms. The van der Waals surface area contributed by atoms with Crippen molar-refractivity contribution in [1.29, 1.82) is 0 Å². The molecule has 1 unspecified atom stereocenters. The monoisotopic (exact) mass is 265 g/mol. The summed E-state index contributed by atoms with van der Waals surface area (Å²) >= 11 is 0. The zero-order chi connectivity index (χ0) is 14.0. The maximum absolute atomic E-state index is 13.4. The van der Waals surface area contributed by atoms with Crippen molar-refractivity contribution < 1.29 is 9.31 Å². The van der Waals surface area contributed by atoms with E-state index in [9.17, 15) is 14.5 Å². The van der Waals surface area contributed by atoms with Gasteiger partial charge in [0, 0.05) is 12.1 Å². The highest BCUT2D eigenvalue weighted by Crippen LogP contribution is 2.18. The lowest BCUT2D eigenvalue weighted by molar-refractivity contribution is -0.387. The molecule has 8 heteroatoms. The van der Waals surface area contributed by atoms with Crippen molar-refractivity contribution in [2.45, 2.75) is 19.5 Å². The highest BCUT2D eigenvalue weighted by molar-refractivity contribution is 5.35. The maximum Gasteiger partial charge on any atom is 0.304 e. The van der Waals surface area contributed by atoms with E-state index >= 15 is 0 Å². The minimum absolute atomic E-state index is 0.234. The second-order valence-electron chi connectivity index (χ2n) is 4.17. The van der Waals surface area contributed by atoms with Crippen LogP contribution in [-0.4, -0.2) is 19.9 Å². The molecule has 1 heterocycles. The van der Waals surface area contributed by atoms with E-state index in [-0.39, 0.29) is 12.6 Å². The lowest BCUT2D eigenvalue weighted by atomic mass is 10.2. The molecule has 2 rings (SSSR count). The number of benzene rings is 1. The van der Waals surface area contributed by atoms with Crippen molar-refractivity contribution >= 4 is 5.69 Å². The average Bonchev–Trinajstić information content (AvgIpc) is 2.77. The van der Waals surface area contributed by atoms with Crippen molar-refractivity contribution in [2.24, 2.45) is 5.73 Å². The van der Waals surface area contributed by atoms with Crippen LogP contribution in [0.25, 0.3) is 0 Å². The topological polar surface area (TPSA) is 99.9 Å². The highest BCUT2D eigenvalue weighted by Gasteiger charge is 2.14. The van der Waals surface area contributed by atoms with Crippen LogP contribution in [0.4, 0.5) is 10.1 Å². The molecular weight excluding hydrogens is 253 g/mol. The summed E-state index contributed by atoms with van der Waals surface area (Å²) < 4.78 is 14.9. The molecule has 100 valence electrons. The van der Waals surface area contributed by atoms with Gasteiger partial charge < -0.3 is 5.73 Å². The van der Waals surface area contributed by atoms with Crippen LogP contribution in [0.5, 0.6) is 0 Å². The van der Waals surface area contributed by atoms with E-state index in [1.54, 1.807) is 13.1 Å². The molecule has 0 saturated heterocycles. The van der Waals surface area contributed by atoms with Gasteiger partial charge in [-0.2, -0.15) is 4.39 Å². The molecule has 7 nitrogen and oxygen atoms in total. The molecule has 2 N–H and O–H groups in total. The van der Waals surface area contributed by atoms with Gasteiger partial charge in [0.25, 0.3) is 0 Å². The average molecular weight is 265 g/mol. The van der Waals surface area contributed by atoms with Crippen LogP contribution in [0.1, 0.15) is 24.2 Å². The van der Waals surface area contributed by atoms with Gasteiger partial charge in [-0.05, 0) is 18.6 Å². The molecule has 0 fully saturated rings. The summed E-state index contributed by atoms with van der Waals surface area (Å²) in [6, 6.07) is 3.50. The fourth-order valence-electron chi connectivity index (χ4n) is 1.58. The van der Waals surface area contributed by atoms with Gasteiger partial charge in [0.15, 0.2) is 0 Å². The van der Waals surface area contributed by atoms with Crippen LogP contribution in [0, 0.1) is 15.9 Å². The van der Waals surface area contributed by atoms with Crippen LogP contribution in [0.3, 0.4) is 0 Å². The van der Waals surface area contributed by atoms with Crippen LogP contribution in [-0.2, 0) is 6.54 Å². The van der Waals surface area contributed by atoms with Crippen LogP contribution >= 0.6 is 0 Å². The van der Waals surface area contributed by atoms with E-state index in [2.05, 4.69) is 10.3 Å². The third-order valence-corrected chi connectivity index (χ3v) is 2.58. The highest BCUT2D eigenvalue weighted by atomic mass is 19.1. The summed E-state index contributed by atoms with van der Waals surface area (Å²) in [5.41, 5.74) is 6.29. The van der Waals surface area contributed by atoms with Crippen molar-refractivity contribution in [3.8, 4) is 0 Å². The van der Waals surface area contributed by atoms with E-state index in [0.29, 0.717) is 11.3 Å². The molecule has 0 radical (unpaired) electrons. The first-order valence-corrected chi connectivity index (χ1v) is 5.56. The Balaban J connectivity index is 2.19. The van der Waals surface area contributed by atoms with Crippen LogP contribution < -0.4 is 5.73 Å². The standard InChI is InChI=1S/C11H12FN5O2/c1-7(13)10-6-16(15-14-10)5-8-2-3-11(17(18)19)9(12)4-8/h2-4,6-7H,5,13H2,1H3. The Kier molecular flexibility index (Phi) is 3.52. The fourth-order valence-corrected chi connectivity index (χ4v) is 1.58. The predicted molar refractivity (Wildman–Crippen MR) is 64.8 cm³/mol. The second-order valence-corrected chi connectivity index (χ2v) is 4.17. The number of nitrogens with zero attached hydrogens (tertiary/aromatic N) is 4. The summed E-state index contributed by atoms with van der Waals surface area (Å²) in [5.74, 6) is -0.866. The van der Waals surface area contributed by atoms with E-state index in [1.807, 2.05) is 0 Å². The van der Waals surface area contributed by atoms with Crippen LogP contribution in [0.2, 0.25) is 0 Å². The molecule has 1 aromatic heterocycles. The molecule has 19 heavy (non-hydrogen) atoms. The van der Waals surface area contributed by atoms with Crippen molar-refractivity contribution in [3.05, 3.63) is 51.6 Å². The van der Waals surface area contributed by atoms with Gasteiger partial charge in [-0.3, -0.25) is 10.1 Å². The zero-order valence-electron chi connectivity index (χ0n) is 10.2. The van der Waals surface area contributed by atoms with E-state index in [4.69, 9.17) is 5.73 Å². The first-order valence-electron chi connectivity index (χ1n) is 5.56. The quantitative estimate of drug-likeness (QED) is 0.665. The molecule has 0 saturated carbocycles. The third-order valence-electron chi connectivity index (χ3n) is 2.58. The molecule has 0 aliphatic heterocycles.